The van der Waals surface area contributed by atoms with Crippen LogP contribution in [0.3, 0.4) is 0 Å². The second-order valence-electron chi connectivity index (χ2n) is 7.13. The Labute approximate surface area is 150 Å². The summed E-state index contributed by atoms with van der Waals surface area (Å²) in [5.74, 6) is -0.193. The Morgan fingerprint density at radius 1 is 1.28 bits per heavy atom. The van der Waals surface area contributed by atoms with Crippen LogP contribution in [0.15, 0.2) is 47.4 Å². The maximum Gasteiger partial charge on any atom is 0.279 e. The fourth-order valence-electron chi connectivity index (χ4n) is 2.88. The van der Waals surface area contributed by atoms with Gasteiger partial charge in [0.2, 0.25) is 5.25 Å². The van der Waals surface area contributed by atoms with Gasteiger partial charge < -0.3 is 20.3 Å². The summed E-state index contributed by atoms with van der Waals surface area (Å²) in [7, 11) is 0. The maximum atomic E-state index is 12.7. The highest BCUT2D eigenvalue weighted by Gasteiger charge is 2.37. The molecule has 3 rings (SSSR count). The van der Waals surface area contributed by atoms with E-state index in [4.69, 9.17) is 0 Å². The minimum absolute atomic E-state index is 0.138. The largest absolute Gasteiger partial charge is 0.611 e. The molecule has 3 N–H and O–H groups in total. The third-order valence-electron chi connectivity index (χ3n) is 4.21. The van der Waals surface area contributed by atoms with Gasteiger partial charge in [-0.25, -0.2) is 0 Å². The summed E-state index contributed by atoms with van der Waals surface area (Å²) >= 11 is -1.42. The molecule has 25 heavy (non-hydrogen) atoms. The number of nitrogens with one attached hydrogen (secondary N) is 2. The summed E-state index contributed by atoms with van der Waals surface area (Å²) in [5.41, 5.74) is 1.91. The van der Waals surface area contributed by atoms with E-state index in [1.165, 1.54) is 6.07 Å². The molecule has 0 aromatic heterocycles. The van der Waals surface area contributed by atoms with Crippen molar-refractivity contribution in [1.29, 1.82) is 0 Å². The number of hydrogen-bond donors (Lipinski definition) is 3. The number of fused-ring (bicyclic) bond motifs is 1. The van der Waals surface area contributed by atoms with Crippen LogP contribution < -0.4 is 10.6 Å². The Kier molecular flexibility index (Phi) is 4.67. The predicted octanol–water partition coefficient (Wildman–Crippen LogP) is 3.23. The molecule has 0 fully saturated rings. The van der Waals surface area contributed by atoms with Gasteiger partial charge in [0.15, 0.2) is 4.90 Å². The lowest BCUT2D eigenvalue weighted by Gasteiger charge is -2.27. The van der Waals surface area contributed by atoms with E-state index in [9.17, 15) is 14.5 Å². The van der Waals surface area contributed by atoms with Gasteiger partial charge in [-0.05, 0) is 29.2 Å². The first kappa shape index (κ1) is 17.6. The normalized spacial score (nSPS) is 19.7. The fourth-order valence-corrected chi connectivity index (χ4v) is 4.24. The smallest absolute Gasteiger partial charge is 0.279 e. The van der Waals surface area contributed by atoms with Gasteiger partial charge in [-0.1, -0.05) is 39.0 Å². The summed E-state index contributed by atoms with van der Waals surface area (Å²) in [4.78, 5) is 13.2. The summed E-state index contributed by atoms with van der Waals surface area (Å²) in [5, 5.41) is 15.4. The van der Waals surface area contributed by atoms with Crippen molar-refractivity contribution in [3.8, 4) is 5.75 Å². The zero-order valence-corrected chi connectivity index (χ0v) is 15.3. The molecule has 1 heterocycles. The number of hydrogen-bond acceptors (Lipinski definition) is 4. The van der Waals surface area contributed by atoms with Crippen LogP contribution in [0.5, 0.6) is 5.75 Å². The summed E-state index contributed by atoms with van der Waals surface area (Å²) in [6, 6.07) is 12.4. The monoisotopic (exact) mass is 358 g/mol. The van der Waals surface area contributed by atoms with E-state index in [0.29, 0.717) is 17.1 Å². The van der Waals surface area contributed by atoms with E-state index in [1.54, 1.807) is 18.2 Å². The Morgan fingerprint density at radius 3 is 2.68 bits per heavy atom. The van der Waals surface area contributed by atoms with Gasteiger partial charge in [0.25, 0.3) is 5.91 Å². The number of aromatic hydroxyl groups is 1. The molecule has 132 valence electrons. The first-order valence-electron chi connectivity index (χ1n) is 8.15. The Morgan fingerprint density at radius 2 is 2.00 bits per heavy atom. The lowest BCUT2D eigenvalue weighted by Crippen LogP contribution is -2.43. The highest BCUT2D eigenvalue weighted by Crippen LogP contribution is 2.33. The molecule has 6 heteroatoms. The molecule has 0 saturated carbocycles. The Bertz CT molecular complexity index is 801. The van der Waals surface area contributed by atoms with Gasteiger partial charge in [0.1, 0.15) is 5.75 Å². The van der Waals surface area contributed by atoms with E-state index >= 15 is 0 Å². The molecule has 2 atom stereocenters. The topological polar surface area (TPSA) is 84.4 Å². The maximum absolute atomic E-state index is 12.7. The zero-order chi connectivity index (χ0) is 18.2. The van der Waals surface area contributed by atoms with E-state index < -0.39 is 16.4 Å². The van der Waals surface area contributed by atoms with Gasteiger partial charge >= 0.3 is 0 Å². The molecule has 1 aliphatic rings. The van der Waals surface area contributed by atoms with Crippen molar-refractivity contribution in [2.75, 3.05) is 17.2 Å². The number of benzene rings is 2. The molecule has 5 nitrogen and oxygen atoms in total. The lowest BCUT2D eigenvalue weighted by atomic mass is 9.86. The minimum atomic E-state index is -1.42. The van der Waals surface area contributed by atoms with Crippen molar-refractivity contribution >= 4 is 28.5 Å². The second kappa shape index (κ2) is 6.61. The van der Waals surface area contributed by atoms with Crippen molar-refractivity contribution in [1.82, 2.24) is 0 Å². The molecule has 2 aromatic rings. The number of phenolic OH excluding ortho intramolecular Hbond substituents is 1. The van der Waals surface area contributed by atoms with Crippen LogP contribution in [-0.2, 0) is 21.4 Å². The molecular weight excluding hydrogens is 336 g/mol. The van der Waals surface area contributed by atoms with Crippen LogP contribution in [-0.4, -0.2) is 27.4 Å². The van der Waals surface area contributed by atoms with E-state index in [2.05, 4.69) is 10.6 Å². The van der Waals surface area contributed by atoms with Crippen LogP contribution >= 0.6 is 0 Å². The third-order valence-corrected chi connectivity index (χ3v) is 5.89. The van der Waals surface area contributed by atoms with Gasteiger partial charge in [0.05, 0.1) is 12.2 Å². The summed E-state index contributed by atoms with van der Waals surface area (Å²) in [6.45, 7) is 6.33. The van der Waals surface area contributed by atoms with E-state index in [0.717, 1.165) is 11.3 Å². The van der Waals surface area contributed by atoms with Gasteiger partial charge in [0, 0.05) is 22.9 Å². The summed E-state index contributed by atoms with van der Waals surface area (Å²) in [6.07, 6.45) is 0. The van der Waals surface area contributed by atoms with Crippen molar-refractivity contribution in [2.45, 2.75) is 36.3 Å². The fraction of sp³-hybridized carbons (Fsp3) is 0.316. The predicted molar refractivity (Wildman–Crippen MR) is 101 cm³/mol. The Balaban J connectivity index is 1.76. The van der Waals surface area contributed by atoms with E-state index in [1.807, 2.05) is 39.0 Å². The molecular formula is C19H22N2O3S. The SMILES string of the molecule is CC(C)(C)c1ccc(NC(=O)C2CNc3ccccc3[S+]2[O-])cc1O. The molecule has 0 spiro atoms. The van der Waals surface area contributed by atoms with Gasteiger partial charge in [-0.2, -0.15) is 0 Å². The Hall–Kier alpha value is -2.18. The third kappa shape index (κ3) is 3.60. The quantitative estimate of drug-likeness (QED) is 0.720. The second-order valence-corrected chi connectivity index (χ2v) is 8.74. The van der Waals surface area contributed by atoms with Crippen LogP contribution in [0.4, 0.5) is 11.4 Å². The molecule has 1 amide bonds. The van der Waals surface area contributed by atoms with Gasteiger partial charge in [-0.15, -0.1) is 0 Å². The van der Waals surface area contributed by atoms with Crippen molar-refractivity contribution in [3.05, 3.63) is 48.0 Å². The summed E-state index contributed by atoms with van der Waals surface area (Å²) < 4.78 is 12.7. The minimum Gasteiger partial charge on any atom is -0.611 e. The van der Waals surface area contributed by atoms with Crippen LogP contribution in [0.25, 0.3) is 0 Å². The van der Waals surface area contributed by atoms with E-state index in [-0.39, 0.29) is 17.1 Å². The van der Waals surface area contributed by atoms with Crippen LogP contribution in [0.1, 0.15) is 26.3 Å². The first-order chi connectivity index (χ1) is 11.8. The number of para-hydroxylation sites is 1. The molecule has 0 bridgehead atoms. The number of amides is 1. The number of phenols is 1. The van der Waals surface area contributed by atoms with Crippen LogP contribution in [0.2, 0.25) is 0 Å². The zero-order valence-electron chi connectivity index (χ0n) is 14.5. The average Bonchev–Trinajstić information content (AvgIpc) is 2.54. The standard InChI is InChI=1S/C19H22N2O3S/c1-19(2,3)13-9-8-12(10-15(13)22)21-18(23)17-11-20-14-6-4-5-7-16(14)25(17)24/h4-10,17,20,22H,11H2,1-3H3,(H,21,23). The van der Waals surface area contributed by atoms with Gasteiger partial charge in [-0.3, -0.25) is 4.79 Å². The number of carbonyl (C=O) groups excluding carboxylic acids is 1. The van der Waals surface area contributed by atoms with Crippen molar-refractivity contribution < 1.29 is 14.5 Å². The number of anilines is 2. The first-order valence-corrected chi connectivity index (χ1v) is 9.36. The molecule has 0 saturated heterocycles. The van der Waals surface area contributed by atoms with Crippen molar-refractivity contribution in [2.24, 2.45) is 0 Å². The highest BCUT2D eigenvalue weighted by molar-refractivity contribution is 7.93. The molecule has 2 aromatic carbocycles. The van der Waals surface area contributed by atoms with Crippen molar-refractivity contribution in [3.63, 3.8) is 0 Å². The molecule has 0 radical (unpaired) electrons. The number of rotatable bonds is 2. The average molecular weight is 358 g/mol. The highest BCUT2D eigenvalue weighted by atomic mass is 32.2. The number of carbonyl (C=O) groups is 1. The molecule has 2 unspecified atom stereocenters. The lowest BCUT2D eigenvalue weighted by molar-refractivity contribution is -0.115. The molecule has 1 aliphatic heterocycles. The van der Waals surface area contributed by atoms with Crippen LogP contribution in [0, 0.1) is 0 Å². The molecule has 0 aliphatic carbocycles.